The van der Waals surface area contributed by atoms with E-state index in [4.69, 9.17) is 0 Å². The van der Waals surface area contributed by atoms with Crippen LogP contribution in [0.2, 0.25) is 0 Å². The molecule has 0 aliphatic heterocycles. The Morgan fingerprint density at radius 2 is 2.04 bits per heavy atom. The van der Waals surface area contributed by atoms with Crippen LogP contribution in [0.1, 0.15) is 12.0 Å². The minimum atomic E-state index is -0.479. The van der Waals surface area contributed by atoms with Gasteiger partial charge in [0.1, 0.15) is 0 Å². The predicted molar refractivity (Wildman–Crippen MR) is 88.3 cm³/mol. The van der Waals surface area contributed by atoms with Crippen LogP contribution in [0, 0.1) is 10.1 Å². The number of nitro benzene ring substituents is 1. The lowest BCUT2D eigenvalue weighted by molar-refractivity contribution is -0.384. The molecule has 2 aromatic rings. The fourth-order valence-electron chi connectivity index (χ4n) is 1.93. The summed E-state index contributed by atoms with van der Waals surface area (Å²) in [5.74, 6) is -0.276. The van der Waals surface area contributed by atoms with Gasteiger partial charge in [0.15, 0.2) is 0 Å². The summed E-state index contributed by atoms with van der Waals surface area (Å²) >= 11 is 0. The fraction of sp³-hybridized carbons (Fsp3) is 0.188. The van der Waals surface area contributed by atoms with E-state index in [1.54, 1.807) is 24.3 Å². The van der Waals surface area contributed by atoms with Crippen LogP contribution in [0.5, 0.6) is 0 Å². The lowest BCUT2D eigenvalue weighted by Gasteiger charge is -2.04. The highest BCUT2D eigenvalue weighted by atomic mass is 16.6. The van der Waals surface area contributed by atoms with Gasteiger partial charge in [0.2, 0.25) is 5.91 Å². The number of nitrogens with zero attached hydrogens (tertiary/aromatic N) is 3. The maximum absolute atomic E-state index is 11.7. The lowest BCUT2D eigenvalue weighted by atomic mass is 10.2. The molecule has 0 fully saturated rings. The first-order chi connectivity index (χ1) is 11.6. The van der Waals surface area contributed by atoms with Crippen molar-refractivity contribution in [1.82, 2.24) is 15.1 Å². The van der Waals surface area contributed by atoms with Gasteiger partial charge in [-0.05, 0) is 36.3 Å². The zero-order valence-electron chi connectivity index (χ0n) is 12.8. The van der Waals surface area contributed by atoms with E-state index in [0.717, 1.165) is 0 Å². The molecule has 1 N–H and O–H groups in total. The van der Waals surface area contributed by atoms with Crippen molar-refractivity contribution in [2.45, 2.75) is 13.0 Å². The number of amides is 1. The van der Waals surface area contributed by atoms with Gasteiger partial charge in [-0.25, -0.2) is 4.68 Å². The van der Waals surface area contributed by atoms with E-state index in [1.807, 2.05) is 0 Å². The molecule has 8 nitrogen and oxygen atoms in total. The molecular formula is C16H16N4O4. The summed E-state index contributed by atoms with van der Waals surface area (Å²) in [5, 5.41) is 17.2. The lowest BCUT2D eigenvalue weighted by Crippen LogP contribution is -2.26. The van der Waals surface area contributed by atoms with Gasteiger partial charge >= 0.3 is 0 Å². The number of carbonyl (C=O) groups is 1. The number of hydrogen-bond donors (Lipinski definition) is 1. The molecule has 8 heteroatoms. The van der Waals surface area contributed by atoms with Crippen LogP contribution in [-0.2, 0) is 11.3 Å². The molecule has 0 saturated heterocycles. The topological polar surface area (TPSA) is 107 Å². The molecule has 0 saturated carbocycles. The summed E-state index contributed by atoms with van der Waals surface area (Å²) in [5.41, 5.74) is 0.513. The number of non-ortho nitro benzene ring substituents is 1. The molecule has 0 spiro atoms. The number of carbonyl (C=O) groups excluding carboxylic acids is 1. The quantitative estimate of drug-likeness (QED) is 0.357. The Kier molecular flexibility index (Phi) is 5.95. The Labute approximate surface area is 137 Å². The minimum Gasteiger partial charge on any atom is -0.352 e. The largest absolute Gasteiger partial charge is 0.352 e. The van der Waals surface area contributed by atoms with E-state index in [1.165, 1.54) is 35.2 Å². The maximum Gasteiger partial charge on any atom is 0.269 e. The van der Waals surface area contributed by atoms with Crippen molar-refractivity contribution >= 4 is 17.7 Å². The second-order valence-electron chi connectivity index (χ2n) is 4.91. The molecule has 1 aromatic carbocycles. The zero-order valence-corrected chi connectivity index (χ0v) is 12.8. The zero-order chi connectivity index (χ0) is 17.4. The summed E-state index contributed by atoms with van der Waals surface area (Å²) in [6.07, 6.45) is 5.04. The fourth-order valence-corrected chi connectivity index (χ4v) is 1.93. The summed E-state index contributed by atoms with van der Waals surface area (Å²) in [7, 11) is 0. The predicted octanol–water partition coefficient (Wildman–Crippen LogP) is 1.37. The third-order valence-corrected chi connectivity index (χ3v) is 3.16. The third-order valence-electron chi connectivity index (χ3n) is 3.16. The van der Waals surface area contributed by atoms with Gasteiger partial charge in [-0.15, -0.1) is 0 Å². The van der Waals surface area contributed by atoms with Crippen LogP contribution in [0.25, 0.3) is 6.08 Å². The molecule has 0 radical (unpaired) electrons. The van der Waals surface area contributed by atoms with Gasteiger partial charge in [-0.1, -0.05) is 0 Å². The van der Waals surface area contributed by atoms with Crippen molar-refractivity contribution in [1.29, 1.82) is 0 Å². The van der Waals surface area contributed by atoms with Crippen molar-refractivity contribution in [2.75, 3.05) is 6.54 Å². The SMILES string of the molecule is O=C(/C=C/c1ccc([N+](=O)[O-])cc1)NCCCn1ncccc1=O. The molecular weight excluding hydrogens is 312 g/mol. The number of benzene rings is 1. The molecule has 1 amide bonds. The van der Waals surface area contributed by atoms with E-state index in [2.05, 4.69) is 10.4 Å². The van der Waals surface area contributed by atoms with Crippen molar-refractivity contribution < 1.29 is 9.72 Å². The molecule has 0 unspecified atom stereocenters. The number of nitro groups is 1. The van der Waals surface area contributed by atoms with E-state index in [-0.39, 0.29) is 17.2 Å². The second kappa shape index (κ2) is 8.37. The smallest absolute Gasteiger partial charge is 0.269 e. The van der Waals surface area contributed by atoms with Gasteiger partial charge in [-0.2, -0.15) is 5.10 Å². The maximum atomic E-state index is 11.7. The Morgan fingerprint density at radius 1 is 1.29 bits per heavy atom. The van der Waals surface area contributed by atoms with Crippen LogP contribution in [0.3, 0.4) is 0 Å². The third kappa shape index (κ3) is 5.16. The number of nitrogens with one attached hydrogen (secondary N) is 1. The van der Waals surface area contributed by atoms with Gasteiger partial charge in [-0.3, -0.25) is 19.7 Å². The van der Waals surface area contributed by atoms with Crippen molar-refractivity contribution in [3.8, 4) is 0 Å². The van der Waals surface area contributed by atoms with Gasteiger partial charge in [0.25, 0.3) is 11.2 Å². The van der Waals surface area contributed by atoms with Crippen LogP contribution in [0.15, 0.2) is 53.5 Å². The average molecular weight is 328 g/mol. The highest BCUT2D eigenvalue weighted by molar-refractivity contribution is 5.91. The highest BCUT2D eigenvalue weighted by Crippen LogP contribution is 2.12. The van der Waals surface area contributed by atoms with Gasteiger partial charge in [0, 0.05) is 43.6 Å². The summed E-state index contributed by atoms with van der Waals surface area (Å²) in [6, 6.07) is 8.89. The molecule has 0 aliphatic carbocycles. The minimum absolute atomic E-state index is 0.00126. The first kappa shape index (κ1) is 17.1. The van der Waals surface area contributed by atoms with Crippen LogP contribution in [-0.4, -0.2) is 27.2 Å². The first-order valence-corrected chi connectivity index (χ1v) is 7.29. The molecule has 1 aromatic heterocycles. The Morgan fingerprint density at radius 3 is 2.71 bits per heavy atom. The normalized spacial score (nSPS) is 10.7. The van der Waals surface area contributed by atoms with Gasteiger partial charge < -0.3 is 5.32 Å². The molecule has 24 heavy (non-hydrogen) atoms. The average Bonchev–Trinajstić information content (AvgIpc) is 2.58. The number of aryl methyl sites for hydroxylation is 1. The van der Waals surface area contributed by atoms with Crippen LogP contribution in [0.4, 0.5) is 5.69 Å². The molecule has 0 aliphatic rings. The summed E-state index contributed by atoms with van der Waals surface area (Å²) in [6.45, 7) is 0.832. The van der Waals surface area contributed by atoms with Crippen LogP contribution < -0.4 is 10.9 Å². The molecule has 2 rings (SSSR count). The Hall–Kier alpha value is -3.29. The molecule has 1 heterocycles. The summed E-state index contributed by atoms with van der Waals surface area (Å²) in [4.78, 5) is 33.2. The van der Waals surface area contributed by atoms with E-state index in [0.29, 0.717) is 25.1 Å². The second-order valence-corrected chi connectivity index (χ2v) is 4.91. The van der Waals surface area contributed by atoms with E-state index in [9.17, 15) is 19.7 Å². The molecule has 0 bridgehead atoms. The van der Waals surface area contributed by atoms with Crippen molar-refractivity contribution in [2.24, 2.45) is 0 Å². The number of hydrogen-bond acceptors (Lipinski definition) is 5. The van der Waals surface area contributed by atoms with Crippen molar-refractivity contribution in [3.63, 3.8) is 0 Å². The van der Waals surface area contributed by atoms with E-state index < -0.39 is 4.92 Å². The standard InChI is InChI=1S/C16H16N4O4/c21-15(9-6-13-4-7-14(8-5-13)20(23)24)17-10-2-12-19-16(22)3-1-11-18-19/h1,3-9,11H,2,10,12H2,(H,17,21)/b9-6+. The van der Waals surface area contributed by atoms with Crippen LogP contribution >= 0.6 is 0 Å². The number of aromatic nitrogens is 2. The van der Waals surface area contributed by atoms with E-state index >= 15 is 0 Å². The number of rotatable bonds is 7. The molecule has 0 atom stereocenters. The van der Waals surface area contributed by atoms with Crippen molar-refractivity contribution in [3.05, 3.63) is 74.7 Å². The first-order valence-electron chi connectivity index (χ1n) is 7.29. The Bertz CT molecular complexity index is 796. The highest BCUT2D eigenvalue weighted by Gasteiger charge is 2.02. The van der Waals surface area contributed by atoms with Gasteiger partial charge in [0.05, 0.1) is 4.92 Å². The monoisotopic (exact) mass is 328 g/mol. The summed E-state index contributed by atoms with van der Waals surface area (Å²) < 4.78 is 1.33. The molecule has 124 valence electrons. The Balaban J connectivity index is 1.75.